The Kier molecular flexibility index (Phi) is 6.63. The van der Waals surface area contributed by atoms with Gasteiger partial charge in [-0.05, 0) is 32.0 Å². The molecule has 0 saturated carbocycles. The van der Waals surface area contributed by atoms with Crippen LogP contribution in [-0.4, -0.2) is 32.3 Å². The van der Waals surface area contributed by atoms with Crippen molar-refractivity contribution in [2.24, 2.45) is 0 Å². The van der Waals surface area contributed by atoms with Crippen molar-refractivity contribution in [2.75, 3.05) is 32.3 Å². The van der Waals surface area contributed by atoms with Crippen molar-refractivity contribution in [3.8, 4) is 0 Å². The third kappa shape index (κ3) is 4.70. The minimum Gasteiger partial charge on any atom is -0.384 e. The van der Waals surface area contributed by atoms with E-state index in [-0.39, 0.29) is 0 Å². The maximum Gasteiger partial charge on any atom is 0.0552 e. The van der Waals surface area contributed by atoms with Gasteiger partial charge in [0.15, 0.2) is 0 Å². The number of benzene rings is 1. The fraction of sp³-hybridized carbons (Fsp3) is 0.571. The molecule has 0 aromatic heterocycles. The van der Waals surface area contributed by atoms with Gasteiger partial charge in [0.2, 0.25) is 0 Å². The second-order valence-corrected chi connectivity index (χ2v) is 5.42. The largest absolute Gasteiger partial charge is 0.384 e. The van der Waals surface area contributed by atoms with Crippen LogP contribution in [0.5, 0.6) is 0 Å². The predicted molar refractivity (Wildman–Crippen MR) is 76.9 cm³/mol. The number of methoxy groups -OCH3 is 1. The van der Waals surface area contributed by atoms with E-state index >= 15 is 0 Å². The zero-order valence-corrected chi connectivity index (χ0v) is 12.1. The first-order valence-electron chi connectivity index (χ1n) is 6.00. The van der Waals surface area contributed by atoms with Gasteiger partial charge >= 0.3 is 0 Å². The van der Waals surface area contributed by atoms with E-state index in [2.05, 4.69) is 37.4 Å². The molecule has 96 valence electrons. The van der Waals surface area contributed by atoms with E-state index in [1.54, 1.807) is 7.11 Å². The Balaban J connectivity index is 2.59. The van der Waals surface area contributed by atoms with Gasteiger partial charge in [0.05, 0.1) is 6.61 Å². The van der Waals surface area contributed by atoms with Crippen LogP contribution in [0.1, 0.15) is 22.7 Å². The molecular formula is C14H23NOS. The first kappa shape index (κ1) is 14.6. The topological polar surface area (TPSA) is 21.3 Å². The van der Waals surface area contributed by atoms with E-state index in [9.17, 15) is 0 Å². The van der Waals surface area contributed by atoms with Gasteiger partial charge in [0, 0.05) is 24.7 Å². The molecule has 1 aromatic carbocycles. The molecule has 0 aliphatic rings. The molecule has 1 N–H and O–H groups in total. The molecule has 3 heteroatoms. The van der Waals surface area contributed by atoms with Crippen LogP contribution < -0.4 is 5.32 Å². The smallest absolute Gasteiger partial charge is 0.0552 e. The molecule has 1 aromatic rings. The summed E-state index contributed by atoms with van der Waals surface area (Å²) in [7, 11) is 3.78. The van der Waals surface area contributed by atoms with E-state index in [1.165, 1.54) is 16.7 Å². The van der Waals surface area contributed by atoms with Crippen LogP contribution in [-0.2, 0) is 4.74 Å². The molecule has 0 bridgehead atoms. The summed E-state index contributed by atoms with van der Waals surface area (Å²) in [5.41, 5.74) is 4.10. The number of rotatable bonds is 7. The minimum absolute atomic E-state index is 0.428. The summed E-state index contributed by atoms with van der Waals surface area (Å²) in [6.45, 7) is 5.15. The Morgan fingerprint density at radius 1 is 1.35 bits per heavy atom. The molecule has 1 rings (SSSR count). The quantitative estimate of drug-likeness (QED) is 0.755. The lowest BCUT2D eigenvalue weighted by atomic mass is 10.0. The molecule has 1 atom stereocenters. The average molecular weight is 253 g/mol. The SMILES string of the molecule is CNC(CSCCOC)c1ccc(C)cc1C. The van der Waals surface area contributed by atoms with Gasteiger partial charge in [-0.15, -0.1) is 0 Å². The van der Waals surface area contributed by atoms with Crippen LogP contribution >= 0.6 is 11.8 Å². The lowest BCUT2D eigenvalue weighted by Crippen LogP contribution is -2.20. The molecule has 1 unspecified atom stereocenters. The molecule has 0 saturated heterocycles. The number of nitrogens with one attached hydrogen (secondary N) is 1. The van der Waals surface area contributed by atoms with Gasteiger partial charge in [0.25, 0.3) is 0 Å². The summed E-state index contributed by atoms with van der Waals surface area (Å²) < 4.78 is 5.06. The highest BCUT2D eigenvalue weighted by Gasteiger charge is 2.11. The third-order valence-electron chi connectivity index (χ3n) is 2.87. The standard InChI is InChI=1S/C14H23NOS/c1-11-5-6-13(12(2)9-11)14(15-3)10-17-8-7-16-4/h5-6,9,14-15H,7-8,10H2,1-4H3. The fourth-order valence-corrected chi connectivity index (χ4v) is 2.92. The van der Waals surface area contributed by atoms with Crippen LogP contribution in [0.2, 0.25) is 0 Å². The van der Waals surface area contributed by atoms with Crippen molar-refractivity contribution in [1.82, 2.24) is 5.32 Å². The number of ether oxygens (including phenoxy) is 1. The minimum atomic E-state index is 0.428. The second kappa shape index (κ2) is 7.75. The fourth-order valence-electron chi connectivity index (χ4n) is 1.89. The van der Waals surface area contributed by atoms with Crippen LogP contribution in [0.4, 0.5) is 0 Å². The molecule has 0 amide bonds. The van der Waals surface area contributed by atoms with Crippen molar-refractivity contribution in [2.45, 2.75) is 19.9 Å². The van der Waals surface area contributed by atoms with Gasteiger partial charge in [-0.2, -0.15) is 11.8 Å². The van der Waals surface area contributed by atoms with E-state index in [4.69, 9.17) is 4.74 Å². The maximum atomic E-state index is 5.06. The van der Waals surface area contributed by atoms with E-state index in [0.29, 0.717) is 6.04 Å². The van der Waals surface area contributed by atoms with Crippen molar-refractivity contribution in [3.05, 3.63) is 34.9 Å². The summed E-state index contributed by atoms with van der Waals surface area (Å²) in [5, 5.41) is 3.39. The van der Waals surface area contributed by atoms with Crippen LogP contribution in [0.15, 0.2) is 18.2 Å². The molecule has 0 fully saturated rings. The van der Waals surface area contributed by atoms with Crippen molar-refractivity contribution in [3.63, 3.8) is 0 Å². The van der Waals surface area contributed by atoms with Crippen molar-refractivity contribution < 1.29 is 4.74 Å². The Labute approximate surface area is 109 Å². The molecule has 0 radical (unpaired) electrons. The first-order valence-corrected chi connectivity index (χ1v) is 7.15. The summed E-state index contributed by atoms with van der Waals surface area (Å²) in [6, 6.07) is 7.10. The zero-order valence-electron chi connectivity index (χ0n) is 11.2. The molecule has 17 heavy (non-hydrogen) atoms. The van der Waals surface area contributed by atoms with E-state index in [1.807, 2.05) is 18.8 Å². The molecular weight excluding hydrogens is 230 g/mol. The normalized spacial score (nSPS) is 12.7. The molecule has 2 nitrogen and oxygen atoms in total. The maximum absolute atomic E-state index is 5.06. The second-order valence-electron chi connectivity index (χ2n) is 4.27. The van der Waals surface area contributed by atoms with E-state index in [0.717, 1.165) is 18.1 Å². The highest BCUT2D eigenvalue weighted by Crippen LogP contribution is 2.22. The molecule has 0 spiro atoms. The Hall–Kier alpha value is -0.510. The van der Waals surface area contributed by atoms with Gasteiger partial charge in [0.1, 0.15) is 0 Å². The molecule has 0 aliphatic heterocycles. The predicted octanol–water partition coefficient (Wildman–Crippen LogP) is 2.94. The van der Waals surface area contributed by atoms with Crippen molar-refractivity contribution >= 4 is 11.8 Å². The van der Waals surface area contributed by atoms with Crippen LogP contribution in [0.3, 0.4) is 0 Å². The van der Waals surface area contributed by atoms with Crippen LogP contribution in [0, 0.1) is 13.8 Å². The average Bonchev–Trinajstić information content (AvgIpc) is 2.31. The molecule has 0 heterocycles. The first-order chi connectivity index (χ1) is 8.19. The number of hydrogen-bond acceptors (Lipinski definition) is 3. The summed E-state index contributed by atoms with van der Waals surface area (Å²) in [5.74, 6) is 2.14. The monoisotopic (exact) mass is 253 g/mol. The Morgan fingerprint density at radius 3 is 2.71 bits per heavy atom. The lowest BCUT2D eigenvalue weighted by molar-refractivity contribution is 0.218. The van der Waals surface area contributed by atoms with Gasteiger partial charge in [-0.25, -0.2) is 0 Å². The summed E-state index contributed by atoms with van der Waals surface area (Å²) in [4.78, 5) is 0. The van der Waals surface area contributed by atoms with Gasteiger partial charge in [-0.3, -0.25) is 0 Å². The van der Waals surface area contributed by atoms with Gasteiger partial charge < -0.3 is 10.1 Å². The third-order valence-corrected chi connectivity index (χ3v) is 3.89. The number of aryl methyl sites for hydroxylation is 2. The van der Waals surface area contributed by atoms with Gasteiger partial charge in [-0.1, -0.05) is 23.8 Å². The summed E-state index contributed by atoms with van der Waals surface area (Å²) >= 11 is 1.93. The Morgan fingerprint density at radius 2 is 2.12 bits per heavy atom. The zero-order chi connectivity index (χ0) is 12.7. The highest BCUT2D eigenvalue weighted by atomic mass is 32.2. The van der Waals surface area contributed by atoms with E-state index < -0.39 is 0 Å². The number of hydrogen-bond donors (Lipinski definition) is 1. The highest BCUT2D eigenvalue weighted by molar-refractivity contribution is 7.99. The number of thioether (sulfide) groups is 1. The van der Waals surface area contributed by atoms with Crippen molar-refractivity contribution in [1.29, 1.82) is 0 Å². The van der Waals surface area contributed by atoms with Crippen LogP contribution in [0.25, 0.3) is 0 Å². The Bertz CT molecular complexity index is 341. The lowest BCUT2D eigenvalue weighted by Gasteiger charge is -2.19. The molecule has 0 aliphatic carbocycles. The summed E-state index contributed by atoms with van der Waals surface area (Å²) in [6.07, 6.45) is 0.